The summed E-state index contributed by atoms with van der Waals surface area (Å²) in [6.45, 7) is 0. The van der Waals surface area contributed by atoms with E-state index in [1.165, 1.54) is 0 Å². The van der Waals surface area contributed by atoms with E-state index >= 15 is 0 Å². The van der Waals surface area contributed by atoms with Crippen molar-refractivity contribution in [3.05, 3.63) is 53.7 Å². The van der Waals surface area contributed by atoms with Crippen LogP contribution in [-0.2, 0) is 0 Å². The minimum absolute atomic E-state index is 0.488. The first-order valence-electron chi connectivity index (χ1n) is 7.28. The third-order valence-electron chi connectivity index (χ3n) is 3.30. The minimum atomic E-state index is 0.488. The van der Waals surface area contributed by atoms with Crippen LogP contribution in [0.15, 0.2) is 48.7 Å². The molecule has 0 radical (unpaired) electrons. The minimum Gasteiger partial charge on any atom is -0.495 e. The maximum absolute atomic E-state index is 6.08. The van der Waals surface area contributed by atoms with Crippen LogP contribution in [0.4, 0.5) is 17.5 Å². The summed E-state index contributed by atoms with van der Waals surface area (Å²) in [6.07, 6.45) is 1.73. The Labute approximate surface area is 144 Å². The molecule has 0 atom stereocenters. The van der Waals surface area contributed by atoms with Crippen LogP contribution in [0.3, 0.4) is 0 Å². The van der Waals surface area contributed by atoms with Crippen molar-refractivity contribution in [1.29, 1.82) is 0 Å². The third-order valence-corrected chi connectivity index (χ3v) is 3.54. The summed E-state index contributed by atoms with van der Waals surface area (Å²) >= 11 is 6.08. The zero-order valence-corrected chi connectivity index (χ0v) is 14.0. The molecule has 2 N–H and O–H groups in total. The molecule has 0 saturated carbocycles. The number of hydrogen-bond acceptors (Lipinski definition) is 6. The van der Waals surface area contributed by atoms with E-state index in [4.69, 9.17) is 16.3 Å². The highest BCUT2D eigenvalue weighted by Crippen LogP contribution is 2.31. The third kappa shape index (κ3) is 3.55. The number of hydrogen-bond donors (Lipinski definition) is 2. The highest BCUT2D eigenvalue weighted by atomic mass is 35.5. The van der Waals surface area contributed by atoms with Gasteiger partial charge in [-0.25, -0.2) is 4.98 Å². The largest absolute Gasteiger partial charge is 0.495 e. The second kappa shape index (κ2) is 7.14. The lowest BCUT2D eigenvalue weighted by Gasteiger charge is -2.12. The Bertz CT molecular complexity index is 842. The van der Waals surface area contributed by atoms with E-state index in [1.807, 2.05) is 24.3 Å². The predicted molar refractivity (Wildman–Crippen MR) is 96.1 cm³/mol. The molecule has 0 aliphatic heterocycles. The van der Waals surface area contributed by atoms with Crippen LogP contribution in [0.25, 0.3) is 11.4 Å². The molecule has 0 saturated heterocycles. The van der Waals surface area contributed by atoms with Crippen LogP contribution in [-0.4, -0.2) is 29.1 Å². The van der Waals surface area contributed by atoms with E-state index in [2.05, 4.69) is 25.6 Å². The Kier molecular flexibility index (Phi) is 4.77. The number of benzene rings is 1. The van der Waals surface area contributed by atoms with Gasteiger partial charge in [-0.2, -0.15) is 4.98 Å². The number of aromatic nitrogens is 3. The molecule has 122 valence electrons. The molecule has 0 aliphatic carbocycles. The first-order chi connectivity index (χ1) is 11.7. The number of ether oxygens (including phenoxy) is 1. The first kappa shape index (κ1) is 16.0. The van der Waals surface area contributed by atoms with Crippen LogP contribution in [0.1, 0.15) is 0 Å². The smallest absolute Gasteiger partial charge is 0.225 e. The summed E-state index contributed by atoms with van der Waals surface area (Å²) in [4.78, 5) is 13.2. The van der Waals surface area contributed by atoms with Gasteiger partial charge in [0.1, 0.15) is 11.6 Å². The topological polar surface area (TPSA) is 72.0 Å². The Balaban J connectivity index is 2.01. The van der Waals surface area contributed by atoms with Crippen molar-refractivity contribution in [3.63, 3.8) is 0 Å². The quantitative estimate of drug-likeness (QED) is 0.731. The molecule has 0 bridgehead atoms. The number of anilines is 3. The van der Waals surface area contributed by atoms with Crippen molar-refractivity contribution in [3.8, 4) is 17.1 Å². The van der Waals surface area contributed by atoms with Crippen molar-refractivity contribution in [1.82, 2.24) is 15.0 Å². The van der Waals surface area contributed by atoms with Gasteiger partial charge >= 0.3 is 0 Å². The van der Waals surface area contributed by atoms with Gasteiger partial charge in [-0.3, -0.25) is 4.98 Å². The SMILES string of the molecule is CNc1nc(Nc2cc(Cl)ccc2OC)cc(-c2ccccn2)n1. The summed E-state index contributed by atoms with van der Waals surface area (Å²) in [5.41, 5.74) is 2.19. The van der Waals surface area contributed by atoms with Crippen LogP contribution in [0, 0.1) is 0 Å². The molecule has 24 heavy (non-hydrogen) atoms. The van der Waals surface area contributed by atoms with E-state index in [1.54, 1.807) is 38.6 Å². The number of rotatable bonds is 5. The van der Waals surface area contributed by atoms with Gasteiger partial charge in [0.25, 0.3) is 0 Å². The number of pyridine rings is 1. The summed E-state index contributed by atoms with van der Waals surface area (Å²) in [5.74, 6) is 1.76. The zero-order chi connectivity index (χ0) is 16.9. The fourth-order valence-corrected chi connectivity index (χ4v) is 2.36. The molecule has 0 fully saturated rings. The lowest BCUT2D eigenvalue weighted by Crippen LogP contribution is -2.03. The van der Waals surface area contributed by atoms with E-state index in [9.17, 15) is 0 Å². The molecule has 2 aromatic heterocycles. The Hall–Kier alpha value is -2.86. The normalized spacial score (nSPS) is 10.3. The number of halogens is 1. The molecular weight excluding hydrogens is 326 g/mol. The standard InChI is InChI=1S/C17H16ClN5O/c1-19-17-22-13(12-5-3-4-8-20-12)10-16(23-17)21-14-9-11(18)6-7-15(14)24-2/h3-10H,1-2H3,(H2,19,21,22,23). The summed E-state index contributed by atoms with van der Waals surface area (Å²) in [7, 11) is 3.37. The van der Waals surface area contributed by atoms with Gasteiger partial charge in [-0.1, -0.05) is 17.7 Å². The average molecular weight is 342 g/mol. The van der Waals surface area contributed by atoms with E-state index in [0.717, 1.165) is 11.4 Å². The van der Waals surface area contributed by atoms with Gasteiger partial charge < -0.3 is 15.4 Å². The Morgan fingerprint density at radius 1 is 1.04 bits per heavy atom. The Morgan fingerprint density at radius 3 is 2.62 bits per heavy atom. The van der Waals surface area contributed by atoms with Crippen molar-refractivity contribution in [2.24, 2.45) is 0 Å². The van der Waals surface area contributed by atoms with Crippen LogP contribution in [0.2, 0.25) is 5.02 Å². The number of nitrogens with zero attached hydrogens (tertiary/aromatic N) is 3. The Morgan fingerprint density at radius 2 is 1.92 bits per heavy atom. The van der Waals surface area contributed by atoms with Crippen molar-refractivity contribution in [2.45, 2.75) is 0 Å². The molecule has 7 heteroatoms. The van der Waals surface area contributed by atoms with Crippen molar-refractivity contribution >= 4 is 29.1 Å². The van der Waals surface area contributed by atoms with E-state index in [0.29, 0.717) is 28.2 Å². The van der Waals surface area contributed by atoms with Crippen LogP contribution in [0.5, 0.6) is 5.75 Å². The van der Waals surface area contributed by atoms with Gasteiger partial charge in [-0.15, -0.1) is 0 Å². The number of nitrogens with one attached hydrogen (secondary N) is 2. The van der Waals surface area contributed by atoms with Crippen LogP contribution >= 0.6 is 11.6 Å². The molecule has 0 unspecified atom stereocenters. The molecule has 3 aromatic rings. The van der Waals surface area contributed by atoms with Gasteiger partial charge in [-0.05, 0) is 30.3 Å². The predicted octanol–water partition coefficient (Wildman–Crippen LogP) is 3.99. The molecule has 2 heterocycles. The molecule has 0 aliphatic rings. The second-order valence-corrected chi connectivity index (χ2v) is 5.33. The lowest BCUT2D eigenvalue weighted by molar-refractivity contribution is 0.417. The number of methoxy groups -OCH3 is 1. The maximum atomic E-state index is 6.08. The van der Waals surface area contributed by atoms with Gasteiger partial charge in [0.2, 0.25) is 5.95 Å². The fourth-order valence-electron chi connectivity index (χ4n) is 2.18. The van der Waals surface area contributed by atoms with Crippen molar-refractivity contribution < 1.29 is 4.74 Å². The first-order valence-corrected chi connectivity index (χ1v) is 7.66. The molecule has 3 rings (SSSR count). The van der Waals surface area contributed by atoms with Crippen molar-refractivity contribution in [2.75, 3.05) is 24.8 Å². The maximum Gasteiger partial charge on any atom is 0.225 e. The molecular formula is C17H16ClN5O. The van der Waals surface area contributed by atoms with Gasteiger partial charge in [0.05, 0.1) is 24.2 Å². The zero-order valence-electron chi connectivity index (χ0n) is 13.2. The molecule has 6 nitrogen and oxygen atoms in total. The van der Waals surface area contributed by atoms with E-state index in [-0.39, 0.29) is 0 Å². The average Bonchev–Trinajstić information content (AvgIpc) is 2.62. The second-order valence-electron chi connectivity index (χ2n) is 4.90. The molecule has 1 aromatic carbocycles. The summed E-state index contributed by atoms with van der Waals surface area (Å²) in [6, 6.07) is 12.8. The lowest BCUT2D eigenvalue weighted by atomic mass is 10.2. The fraction of sp³-hybridized carbons (Fsp3) is 0.118. The monoisotopic (exact) mass is 341 g/mol. The highest BCUT2D eigenvalue weighted by Gasteiger charge is 2.10. The van der Waals surface area contributed by atoms with Crippen LogP contribution < -0.4 is 15.4 Å². The van der Waals surface area contributed by atoms with Gasteiger partial charge in [0.15, 0.2) is 0 Å². The molecule has 0 amide bonds. The van der Waals surface area contributed by atoms with E-state index < -0.39 is 0 Å². The summed E-state index contributed by atoms with van der Waals surface area (Å²) in [5, 5.41) is 6.78. The molecule has 0 spiro atoms. The summed E-state index contributed by atoms with van der Waals surface area (Å²) < 4.78 is 5.35. The van der Waals surface area contributed by atoms with Gasteiger partial charge in [0, 0.05) is 24.3 Å². The highest BCUT2D eigenvalue weighted by molar-refractivity contribution is 6.31.